The highest BCUT2D eigenvalue weighted by molar-refractivity contribution is 7.12. The molecule has 1 aromatic heterocycles. The molecule has 2 aromatic rings. The molecule has 0 saturated heterocycles. The van der Waals surface area contributed by atoms with E-state index in [0.29, 0.717) is 0 Å². The number of hydrogen-bond acceptors (Lipinski definition) is 3. The van der Waals surface area contributed by atoms with Crippen molar-refractivity contribution >= 4 is 11.3 Å². The molecule has 1 atom stereocenters. The standard InChI is InChI=1S/C14H18N2S/c1-3-11-8-9-13(17-11)14(16-15)12-7-5-4-6-10(12)2/h4-9,14,16H,3,15H2,1-2H3. The predicted molar refractivity (Wildman–Crippen MR) is 74.0 cm³/mol. The summed E-state index contributed by atoms with van der Waals surface area (Å²) in [5.41, 5.74) is 5.44. The summed E-state index contributed by atoms with van der Waals surface area (Å²) in [5, 5.41) is 0. The van der Waals surface area contributed by atoms with Gasteiger partial charge in [0.1, 0.15) is 0 Å². The number of hydrogen-bond donors (Lipinski definition) is 2. The van der Waals surface area contributed by atoms with E-state index in [1.165, 1.54) is 20.9 Å². The molecular weight excluding hydrogens is 228 g/mol. The Labute approximate surface area is 106 Å². The van der Waals surface area contributed by atoms with Gasteiger partial charge in [0.2, 0.25) is 0 Å². The first-order valence-corrected chi connectivity index (χ1v) is 6.68. The van der Waals surface area contributed by atoms with Crippen LogP contribution in [0.2, 0.25) is 0 Å². The largest absolute Gasteiger partial charge is 0.271 e. The summed E-state index contributed by atoms with van der Waals surface area (Å²) in [5.74, 6) is 5.71. The number of nitrogens with one attached hydrogen (secondary N) is 1. The Bertz CT molecular complexity index is 490. The molecule has 0 radical (unpaired) electrons. The van der Waals surface area contributed by atoms with Crippen molar-refractivity contribution in [3.8, 4) is 0 Å². The molecule has 0 saturated carbocycles. The Kier molecular flexibility index (Phi) is 3.94. The smallest absolute Gasteiger partial charge is 0.0805 e. The molecule has 0 aliphatic carbocycles. The van der Waals surface area contributed by atoms with Crippen LogP contribution in [0.25, 0.3) is 0 Å². The van der Waals surface area contributed by atoms with Gasteiger partial charge in [-0.15, -0.1) is 11.3 Å². The van der Waals surface area contributed by atoms with Crippen molar-refractivity contribution in [2.24, 2.45) is 5.84 Å². The molecule has 0 spiro atoms. The number of aryl methyl sites for hydroxylation is 2. The van der Waals surface area contributed by atoms with Crippen molar-refractivity contribution in [1.29, 1.82) is 0 Å². The van der Waals surface area contributed by atoms with Crippen LogP contribution in [0.4, 0.5) is 0 Å². The van der Waals surface area contributed by atoms with E-state index in [9.17, 15) is 0 Å². The molecule has 2 nitrogen and oxygen atoms in total. The number of benzene rings is 1. The van der Waals surface area contributed by atoms with Crippen LogP contribution in [-0.4, -0.2) is 0 Å². The first-order chi connectivity index (χ1) is 8.26. The van der Waals surface area contributed by atoms with E-state index in [1.54, 1.807) is 0 Å². The summed E-state index contributed by atoms with van der Waals surface area (Å²) in [6, 6.07) is 12.8. The van der Waals surface area contributed by atoms with Gasteiger partial charge in [0.05, 0.1) is 6.04 Å². The quantitative estimate of drug-likeness (QED) is 0.642. The van der Waals surface area contributed by atoms with Crippen LogP contribution in [0.3, 0.4) is 0 Å². The third-order valence-electron chi connectivity index (χ3n) is 2.98. The summed E-state index contributed by atoms with van der Waals surface area (Å²) in [7, 11) is 0. The van der Waals surface area contributed by atoms with Gasteiger partial charge in [-0.25, -0.2) is 5.43 Å². The van der Waals surface area contributed by atoms with Crippen molar-refractivity contribution in [2.75, 3.05) is 0 Å². The lowest BCUT2D eigenvalue weighted by Crippen LogP contribution is -2.28. The van der Waals surface area contributed by atoms with Gasteiger partial charge in [-0.2, -0.15) is 0 Å². The third kappa shape index (κ3) is 2.57. The van der Waals surface area contributed by atoms with Crippen LogP contribution in [0.15, 0.2) is 36.4 Å². The minimum atomic E-state index is 0.0986. The van der Waals surface area contributed by atoms with Crippen molar-refractivity contribution in [2.45, 2.75) is 26.3 Å². The predicted octanol–water partition coefficient (Wildman–Crippen LogP) is 3.17. The first kappa shape index (κ1) is 12.3. The lowest BCUT2D eigenvalue weighted by atomic mass is 10.0. The van der Waals surface area contributed by atoms with E-state index in [-0.39, 0.29) is 6.04 Å². The van der Waals surface area contributed by atoms with Gasteiger partial charge in [-0.3, -0.25) is 5.84 Å². The molecule has 3 N–H and O–H groups in total. The molecule has 0 aliphatic heterocycles. The van der Waals surface area contributed by atoms with Crippen LogP contribution in [-0.2, 0) is 6.42 Å². The molecule has 2 rings (SSSR count). The molecule has 1 unspecified atom stereocenters. The molecular formula is C14H18N2S. The summed E-state index contributed by atoms with van der Waals surface area (Å²) in [6.07, 6.45) is 1.08. The Balaban J connectivity index is 2.36. The number of rotatable bonds is 4. The number of hydrazine groups is 1. The second-order valence-electron chi connectivity index (χ2n) is 4.11. The van der Waals surface area contributed by atoms with E-state index in [4.69, 9.17) is 5.84 Å². The van der Waals surface area contributed by atoms with E-state index in [0.717, 1.165) is 6.42 Å². The Morgan fingerprint density at radius 2 is 2.00 bits per heavy atom. The molecule has 90 valence electrons. The van der Waals surface area contributed by atoms with Crippen LogP contribution < -0.4 is 11.3 Å². The molecule has 0 amide bonds. The van der Waals surface area contributed by atoms with Gasteiger partial charge in [0.15, 0.2) is 0 Å². The second-order valence-corrected chi connectivity index (χ2v) is 5.31. The van der Waals surface area contributed by atoms with E-state index >= 15 is 0 Å². The Morgan fingerprint density at radius 3 is 2.59 bits per heavy atom. The van der Waals surface area contributed by atoms with Crippen LogP contribution >= 0.6 is 11.3 Å². The SMILES string of the molecule is CCc1ccc(C(NN)c2ccccc2C)s1. The minimum Gasteiger partial charge on any atom is -0.271 e. The van der Waals surface area contributed by atoms with Gasteiger partial charge in [-0.1, -0.05) is 31.2 Å². The highest BCUT2D eigenvalue weighted by Crippen LogP contribution is 2.29. The number of thiophene rings is 1. The van der Waals surface area contributed by atoms with Crippen LogP contribution in [0.1, 0.15) is 33.8 Å². The third-order valence-corrected chi connectivity index (χ3v) is 4.28. The van der Waals surface area contributed by atoms with Gasteiger partial charge in [-0.05, 0) is 36.6 Å². The van der Waals surface area contributed by atoms with Crippen LogP contribution in [0, 0.1) is 6.92 Å². The average molecular weight is 246 g/mol. The Morgan fingerprint density at radius 1 is 1.24 bits per heavy atom. The van der Waals surface area contributed by atoms with Crippen LogP contribution in [0.5, 0.6) is 0 Å². The Hall–Kier alpha value is -1.16. The highest BCUT2D eigenvalue weighted by Gasteiger charge is 2.15. The van der Waals surface area contributed by atoms with E-state index in [1.807, 2.05) is 11.3 Å². The van der Waals surface area contributed by atoms with Gasteiger partial charge in [0, 0.05) is 9.75 Å². The highest BCUT2D eigenvalue weighted by atomic mass is 32.1. The molecule has 0 fully saturated rings. The maximum Gasteiger partial charge on any atom is 0.0805 e. The summed E-state index contributed by atoms with van der Waals surface area (Å²) in [6.45, 7) is 4.29. The molecule has 0 bridgehead atoms. The summed E-state index contributed by atoms with van der Waals surface area (Å²) < 4.78 is 0. The summed E-state index contributed by atoms with van der Waals surface area (Å²) >= 11 is 1.83. The zero-order valence-corrected chi connectivity index (χ0v) is 11.1. The molecule has 3 heteroatoms. The molecule has 17 heavy (non-hydrogen) atoms. The topological polar surface area (TPSA) is 38.0 Å². The fourth-order valence-electron chi connectivity index (χ4n) is 1.98. The number of nitrogens with two attached hydrogens (primary N) is 1. The van der Waals surface area contributed by atoms with Crippen molar-refractivity contribution in [3.63, 3.8) is 0 Å². The lowest BCUT2D eigenvalue weighted by molar-refractivity contribution is 0.643. The second kappa shape index (κ2) is 5.45. The maximum absolute atomic E-state index is 5.71. The zero-order valence-electron chi connectivity index (χ0n) is 10.2. The van der Waals surface area contributed by atoms with Gasteiger partial charge in [0.25, 0.3) is 0 Å². The fourth-order valence-corrected chi connectivity index (χ4v) is 3.01. The lowest BCUT2D eigenvalue weighted by Gasteiger charge is -2.17. The normalized spacial score (nSPS) is 12.6. The minimum absolute atomic E-state index is 0.0986. The maximum atomic E-state index is 5.71. The van der Waals surface area contributed by atoms with Crippen molar-refractivity contribution in [3.05, 3.63) is 57.3 Å². The van der Waals surface area contributed by atoms with Gasteiger partial charge < -0.3 is 0 Å². The monoisotopic (exact) mass is 246 g/mol. The molecule has 1 heterocycles. The first-order valence-electron chi connectivity index (χ1n) is 5.86. The average Bonchev–Trinajstić information content (AvgIpc) is 2.81. The summed E-state index contributed by atoms with van der Waals surface area (Å²) in [4.78, 5) is 2.67. The molecule has 1 aromatic carbocycles. The van der Waals surface area contributed by atoms with Gasteiger partial charge >= 0.3 is 0 Å². The van der Waals surface area contributed by atoms with Crippen molar-refractivity contribution in [1.82, 2.24) is 5.43 Å². The zero-order chi connectivity index (χ0) is 12.3. The molecule has 0 aliphatic rings. The fraction of sp³-hybridized carbons (Fsp3) is 0.286. The van der Waals surface area contributed by atoms with E-state index in [2.05, 4.69) is 55.7 Å². The van der Waals surface area contributed by atoms with E-state index < -0.39 is 0 Å². The van der Waals surface area contributed by atoms with Crippen molar-refractivity contribution < 1.29 is 0 Å².